The maximum atomic E-state index is 12.5. The van der Waals surface area contributed by atoms with Gasteiger partial charge in [-0.3, -0.25) is 4.79 Å². The summed E-state index contributed by atoms with van der Waals surface area (Å²) in [5.41, 5.74) is 6.25. The fourth-order valence-electron chi connectivity index (χ4n) is 1.10. The van der Waals surface area contributed by atoms with Crippen molar-refractivity contribution in [3.63, 3.8) is 0 Å². The van der Waals surface area contributed by atoms with E-state index in [1.54, 1.807) is 17.4 Å². The van der Waals surface area contributed by atoms with Crippen LogP contribution in [0.25, 0.3) is 0 Å². The Hall–Kier alpha value is -1.79. The first kappa shape index (κ1) is 13.3. The number of amides is 1. The number of benzene rings is 1. The van der Waals surface area contributed by atoms with E-state index in [0.717, 1.165) is 0 Å². The van der Waals surface area contributed by atoms with Gasteiger partial charge in [0.2, 0.25) is 0 Å². The fraction of sp³-hybridized carbons (Fsp3) is 0.300. The Bertz CT molecular complexity index is 409. The largest absolute Gasteiger partial charge is 0.399 e. The molecule has 0 aliphatic heterocycles. The van der Waals surface area contributed by atoms with Gasteiger partial charge in [0, 0.05) is 12.2 Å². The van der Waals surface area contributed by atoms with Gasteiger partial charge in [-0.25, -0.2) is 8.78 Å². The van der Waals surface area contributed by atoms with Gasteiger partial charge in [0.05, 0.1) is 0 Å². The molecule has 0 aliphatic rings. The monoisotopic (exact) mass is 250 g/mol. The van der Waals surface area contributed by atoms with E-state index in [2.05, 4.69) is 0 Å². The van der Waals surface area contributed by atoms with E-state index in [0.29, 0.717) is 11.3 Å². The van der Waals surface area contributed by atoms with Crippen molar-refractivity contribution in [2.75, 3.05) is 5.73 Å². The van der Waals surface area contributed by atoms with Crippen molar-refractivity contribution in [3.8, 4) is 0 Å². The zero-order valence-corrected chi connectivity index (χ0v) is 8.59. The third-order valence-corrected chi connectivity index (χ3v) is 1.98. The lowest BCUT2D eigenvalue weighted by atomic mass is 10.2. The van der Waals surface area contributed by atoms with E-state index in [1.807, 2.05) is 0 Å². The summed E-state index contributed by atoms with van der Waals surface area (Å²) in [6.07, 6.45) is -4.02. The molecule has 0 atom stereocenters. The first-order valence-electron chi connectivity index (χ1n) is 4.62. The molecular weight excluding hydrogens is 240 g/mol. The molecule has 0 aromatic heterocycles. The molecule has 0 aliphatic carbocycles. The van der Waals surface area contributed by atoms with Crippen LogP contribution in [0.4, 0.5) is 23.2 Å². The van der Waals surface area contributed by atoms with Gasteiger partial charge in [0.1, 0.15) is 0 Å². The minimum absolute atomic E-state index is 0.286. The quantitative estimate of drug-likeness (QED) is 0.632. The Morgan fingerprint density at radius 2 is 2.06 bits per heavy atom. The fourth-order valence-corrected chi connectivity index (χ4v) is 1.10. The highest BCUT2D eigenvalue weighted by atomic mass is 19.3. The Morgan fingerprint density at radius 1 is 1.41 bits per heavy atom. The Labute approximate surface area is 94.6 Å². The highest BCUT2D eigenvalue weighted by molar-refractivity contribution is 5.83. The van der Waals surface area contributed by atoms with Gasteiger partial charge in [0.25, 0.3) is 5.91 Å². The van der Waals surface area contributed by atoms with Crippen molar-refractivity contribution >= 4 is 11.6 Å². The summed E-state index contributed by atoms with van der Waals surface area (Å²) in [4.78, 5) is 10.8. The molecule has 1 amide bonds. The summed E-state index contributed by atoms with van der Waals surface area (Å²) < 4.78 is 48.7. The molecule has 1 aromatic rings. The first-order valence-corrected chi connectivity index (χ1v) is 4.62. The molecule has 94 valence electrons. The number of halogens is 4. The summed E-state index contributed by atoms with van der Waals surface area (Å²) in [6.45, 7) is -0.286. The van der Waals surface area contributed by atoms with Crippen LogP contribution in [0.3, 0.4) is 0 Å². The molecule has 0 unspecified atom stereocenters. The highest BCUT2D eigenvalue weighted by Gasteiger charge is 2.48. The van der Waals surface area contributed by atoms with Crippen molar-refractivity contribution in [1.29, 1.82) is 0 Å². The number of carbonyl (C=O) groups excluding carboxylic acids is 1. The molecule has 3 N–H and O–H groups in total. The number of nitrogens with one attached hydrogen (secondary N) is 1. The van der Waals surface area contributed by atoms with Gasteiger partial charge in [-0.15, -0.1) is 0 Å². The smallest absolute Gasteiger partial charge is 0.383 e. The lowest BCUT2D eigenvalue weighted by molar-refractivity contribution is -0.169. The number of alkyl halides is 4. The molecule has 0 radical (unpaired) electrons. The number of hydrogen-bond acceptors (Lipinski definition) is 2. The van der Waals surface area contributed by atoms with Gasteiger partial charge >= 0.3 is 12.3 Å². The Balaban J connectivity index is 2.60. The molecule has 0 spiro atoms. The van der Waals surface area contributed by atoms with Crippen molar-refractivity contribution in [3.05, 3.63) is 29.8 Å². The first-order chi connectivity index (χ1) is 7.84. The van der Waals surface area contributed by atoms with E-state index < -0.39 is 18.3 Å². The maximum Gasteiger partial charge on any atom is 0.383 e. The number of nitrogen functional groups attached to an aromatic ring is 1. The summed E-state index contributed by atoms with van der Waals surface area (Å²) in [6, 6.07) is 6.10. The van der Waals surface area contributed by atoms with Gasteiger partial charge in [-0.2, -0.15) is 8.78 Å². The minimum atomic E-state index is -4.68. The second-order valence-corrected chi connectivity index (χ2v) is 3.35. The molecule has 1 aromatic carbocycles. The van der Waals surface area contributed by atoms with E-state index in [1.165, 1.54) is 12.1 Å². The van der Waals surface area contributed by atoms with Crippen LogP contribution in [0.2, 0.25) is 0 Å². The number of nitrogens with two attached hydrogens (primary N) is 1. The molecular formula is C10H10F4N2O. The molecule has 17 heavy (non-hydrogen) atoms. The Morgan fingerprint density at radius 3 is 2.59 bits per heavy atom. The molecule has 1 rings (SSSR count). The highest BCUT2D eigenvalue weighted by Crippen LogP contribution is 2.22. The SMILES string of the molecule is Nc1cccc(CNC(=O)C(F)(F)C(F)F)c1. The van der Waals surface area contributed by atoms with Crippen LogP contribution in [0.1, 0.15) is 5.56 Å². The summed E-state index contributed by atoms with van der Waals surface area (Å²) in [5.74, 6) is -6.68. The molecule has 0 fully saturated rings. The van der Waals surface area contributed by atoms with Crippen LogP contribution in [0.5, 0.6) is 0 Å². The molecule has 7 heteroatoms. The van der Waals surface area contributed by atoms with Gasteiger partial charge in [0.15, 0.2) is 0 Å². The summed E-state index contributed by atoms with van der Waals surface area (Å²) in [7, 11) is 0. The lowest BCUT2D eigenvalue weighted by Gasteiger charge is -2.14. The third kappa shape index (κ3) is 3.33. The standard InChI is InChI=1S/C10H10F4N2O/c11-8(12)10(13,14)9(17)16-5-6-2-1-3-7(15)4-6/h1-4,8H,5,15H2,(H,16,17). The van der Waals surface area contributed by atoms with E-state index >= 15 is 0 Å². The maximum absolute atomic E-state index is 12.5. The topological polar surface area (TPSA) is 55.1 Å². The molecule has 0 saturated heterocycles. The Kier molecular flexibility index (Phi) is 3.93. The van der Waals surface area contributed by atoms with Crippen LogP contribution in [0, 0.1) is 0 Å². The predicted octanol–water partition coefficient (Wildman–Crippen LogP) is 1.79. The molecule has 0 saturated carbocycles. The summed E-state index contributed by atoms with van der Waals surface area (Å²) >= 11 is 0. The second-order valence-electron chi connectivity index (χ2n) is 3.35. The van der Waals surface area contributed by atoms with Gasteiger partial charge in [-0.1, -0.05) is 12.1 Å². The van der Waals surface area contributed by atoms with Crippen molar-refractivity contribution in [2.45, 2.75) is 18.9 Å². The van der Waals surface area contributed by atoms with Crippen LogP contribution in [-0.2, 0) is 11.3 Å². The predicted molar refractivity (Wildman–Crippen MR) is 53.7 cm³/mol. The van der Waals surface area contributed by atoms with Gasteiger partial charge < -0.3 is 11.1 Å². The second kappa shape index (κ2) is 5.03. The van der Waals surface area contributed by atoms with Crippen molar-refractivity contribution in [2.24, 2.45) is 0 Å². The van der Waals surface area contributed by atoms with E-state index in [-0.39, 0.29) is 6.54 Å². The minimum Gasteiger partial charge on any atom is -0.399 e. The lowest BCUT2D eigenvalue weighted by Crippen LogP contribution is -2.44. The number of rotatable bonds is 4. The molecule has 0 bridgehead atoms. The van der Waals surface area contributed by atoms with E-state index in [4.69, 9.17) is 5.73 Å². The number of hydrogen-bond donors (Lipinski definition) is 2. The third-order valence-electron chi connectivity index (χ3n) is 1.98. The van der Waals surface area contributed by atoms with Gasteiger partial charge in [-0.05, 0) is 17.7 Å². The van der Waals surface area contributed by atoms with E-state index in [9.17, 15) is 22.4 Å². The molecule has 3 nitrogen and oxygen atoms in total. The zero-order chi connectivity index (χ0) is 13.1. The number of anilines is 1. The average Bonchev–Trinajstić information content (AvgIpc) is 2.25. The van der Waals surface area contributed by atoms with Crippen molar-refractivity contribution in [1.82, 2.24) is 5.32 Å². The average molecular weight is 250 g/mol. The summed E-state index contributed by atoms with van der Waals surface area (Å²) in [5, 5.41) is 1.72. The van der Waals surface area contributed by atoms with Crippen LogP contribution in [-0.4, -0.2) is 18.3 Å². The normalized spacial score (nSPS) is 11.6. The van der Waals surface area contributed by atoms with Crippen LogP contribution >= 0.6 is 0 Å². The van der Waals surface area contributed by atoms with Crippen molar-refractivity contribution < 1.29 is 22.4 Å². The number of carbonyl (C=O) groups is 1. The zero-order valence-electron chi connectivity index (χ0n) is 8.59. The van der Waals surface area contributed by atoms with Crippen LogP contribution in [0.15, 0.2) is 24.3 Å². The molecule has 0 heterocycles. The van der Waals surface area contributed by atoms with Crippen LogP contribution < -0.4 is 11.1 Å².